The first-order chi connectivity index (χ1) is 6.72. The summed E-state index contributed by atoms with van der Waals surface area (Å²) in [4.78, 5) is 11.1. The van der Waals surface area contributed by atoms with Crippen LogP contribution >= 0.6 is 0 Å². The minimum Gasteiger partial charge on any atom is -0.496 e. The largest absolute Gasteiger partial charge is 0.496 e. The van der Waals surface area contributed by atoms with Crippen LogP contribution in [0.2, 0.25) is 0 Å². The van der Waals surface area contributed by atoms with E-state index in [4.69, 9.17) is 10.5 Å². The number of nitrogens with two attached hydrogens (primary N) is 1. The average molecular weight is 191 g/mol. The molecule has 2 aromatic rings. The summed E-state index contributed by atoms with van der Waals surface area (Å²) in [6.07, 6.45) is 1.63. The number of rotatable bonds is 2. The van der Waals surface area contributed by atoms with Crippen molar-refractivity contribution in [1.29, 1.82) is 0 Å². The van der Waals surface area contributed by atoms with E-state index in [9.17, 15) is 4.79 Å². The highest BCUT2D eigenvalue weighted by Crippen LogP contribution is 2.23. The van der Waals surface area contributed by atoms with Crippen LogP contribution in [0.1, 0.15) is 10.4 Å². The predicted octanol–water partition coefficient (Wildman–Crippen LogP) is 0.670. The Morgan fingerprint density at radius 2 is 2.36 bits per heavy atom. The molecule has 0 saturated carbocycles. The van der Waals surface area contributed by atoms with Crippen LogP contribution in [0.4, 0.5) is 0 Å². The molecule has 1 amide bonds. The van der Waals surface area contributed by atoms with E-state index >= 15 is 0 Å². The minimum atomic E-state index is -0.509. The Balaban J connectivity index is 2.72. The Morgan fingerprint density at radius 3 is 3.00 bits per heavy atom. The smallest absolute Gasteiger partial charge is 0.252 e. The van der Waals surface area contributed by atoms with Crippen LogP contribution in [-0.2, 0) is 0 Å². The summed E-state index contributed by atoms with van der Waals surface area (Å²) in [7, 11) is 1.49. The van der Waals surface area contributed by atoms with Crippen molar-refractivity contribution in [3.8, 4) is 5.75 Å². The maximum atomic E-state index is 11.1. The standard InChI is InChI=1S/C9H9N3O2/c1-14-8-3-7-5(4-11-12-7)2-6(8)9(10)13/h2-4H,1H3,(H2,10,13)(H,11,12). The van der Waals surface area contributed by atoms with E-state index in [1.54, 1.807) is 18.3 Å². The van der Waals surface area contributed by atoms with Gasteiger partial charge in [0.2, 0.25) is 0 Å². The molecule has 0 aliphatic heterocycles. The summed E-state index contributed by atoms with van der Waals surface area (Å²) < 4.78 is 5.04. The first kappa shape index (κ1) is 8.55. The number of aromatic nitrogens is 2. The third-order valence-corrected chi connectivity index (χ3v) is 2.03. The Bertz CT molecular complexity index is 490. The van der Waals surface area contributed by atoms with Gasteiger partial charge in [-0.1, -0.05) is 0 Å². The van der Waals surface area contributed by atoms with E-state index in [1.807, 2.05) is 0 Å². The van der Waals surface area contributed by atoms with E-state index < -0.39 is 5.91 Å². The molecule has 5 heteroatoms. The van der Waals surface area contributed by atoms with Crippen LogP contribution in [0, 0.1) is 0 Å². The van der Waals surface area contributed by atoms with Crippen LogP contribution in [0.5, 0.6) is 5.75 Å². The van der Waals surface area contributed by atoms with Gasteiger partial charge in [-0.2, -0.15) is 5.10 Å². The number of carbonyl (C=O) groups excluding carboxylic acids is 1. The number of primary amides is 1. The van der Waals surface area contributed by atoms with Gasteiger partial charge in [0.1, 0.15) is 5.75 Å². The van der Waals surface area contributed by atoms with Gasteiger partial charge in [-0.05, 0) is 6.07 Å². The third kappa shape index (κ3) is 1.19. The van der Waals surface area contributed by atoms with Gasteiger partial charge in [0.25, 0.3) is 5.91 Å². The summed E-state index contributed by atoms with van der Waals surface area (Å²) in [5, 5.41) is 7.46. The lowest BCUT2D eigenvalue weighted by molar-refractivity contribution is 0.0997. The molecule has 0 saturated heterocycles. The van der Waals surface area contributed by atoms with Gasteiger partial charge < -0.3 is 10.5 Å². The Morgan fingerprint density at radius 1 is 1.57 bits per heavy atom. The highest BCUT2D eigenvalue weighted by Gasteiger charge is 2.10. The molecule has 2 rings (SSSR count). The molecule has 14 heavy (non-hydrogen) atoms. The second kappa shape index (κ2) is 3.02. The number of carbonyl (C=O) groups is 1. The van der Waals surface area contributed by atoms with Gasteiger partial charge in [0, 0.05) is 11.5 Å². The minimum absolute atomic E-state index is 0.362. The zero-order valence-corrected chi connectivity index (χ0v) is 7.57. The summed E-state index contributed by atoms with van der Waals surface area (Å²) in [6, 6.07) is 3.35. The van der Waals surface area contributed by atoms with Crippen molar-refractivity contribution in [3.63, 3.8) is 0 Å². The quantitative estimate of drug-likeness (QED) is 0.732. The summed E-state index contributed by atoms with van der Waals surface area (Å²) >= 11 is 0. The number of H-pyrrole nitrogens is 1. The molecule has 3 N–H and O–H groups in total. The average Bonchev–Trinajstić information content (AvgIpc) is 2.62. The van der Waals surface area contributed by atoms with Crippen molar-refractivity contribution >= 4 is 16.8 Å². The number of fused-ring (bicyclic) bond motifs is 1. The molecule has 0 atom stereocenters. The van der Waals surface area contributed by atoms with E-state index in [2.05, 4.69) is 10.2 Å². The molecule has 0 aliphatic carbocycles. The topological polar surface area (TPSA) is 81.0 Å². The molecule has 0 radical (unpaired) electrons. The fourth-order valence-corrected chi connectivity index (χ4v) is 1.33. The number of nitrogens with zero attached hydrogens (tertiary/aromatic N) is 1. The van der Waals surface area contributed by atoms with Gasteiger partial charge >= 0.3 is 0 Å². The number of hydrogen-bond donors (Lipinski definition) is 2. The summed E-state index contributed by atoms with van der Waals surface area (Å²) in [6.45, 7) is 0. The number of benzene rings is 1. The Labute approximate surface area is 79.9 Å². The number of methoxy groups -OCH3 is 1. The molecule has 0 bridgehead atoms. The molecule has 72 valence electrons. The van der Waals surface area contributed by atoms with Gasteiger partial charge in [0.05, 0.1) is 24.4 Å². The first-order valence-electron chi connectivity index (χ1n) is 4.03. The summed E-state index contributed by atoms with van der Waals surface area (Å²) in [5.41, 5.74) is 6.37. The molecule has 1 heterocycles. The SMILES string of the molecule is COc1cc2[nH]ncc2cc1C(N)=O. The van der Waals surface area contributed by atoms with E-state index in [1.165, 1.54) is 7.11 Å². The van der Waals surface area contributed by atoms with Crippen molar-refractivity contribution in [2.45, 2.75) is 0 Å². The lowest BCUT2D eigenvalue weighted by Crippen LogP contribution is -2.12. The number of aromatic amines is 1. The van der Waals surface area contributed by atoms with E-state index in [0.717, 1.165) is 10.9 Å². The van der Waals surface area contributed by atoms with Gasteiger partial charge in [-0.25, -0.2) is 0 Å². The zero-order chi connectivity index (χ0) is 10.1. The van der Waals surface area contributed by atoms with Crippen LogP contribution < -0.4 is 10.5 Å². The van der Waals surface area contributed by atoms with Gasteiger partial charge in [-0.15, -0.1) is 0 Å². The molecule has 0 spiro atoms. The maximum Gasteiger partial charge on any atom is 0.252 e. The van der Waals surface area contributed by atoms with Crippen LogP contribution in [-0.4, -0.2) is 23.2 Å². The number of hydrogen-bond acceptors (Lipinski definition) is 3. The third-order valence-electron chi connectivity index (χ3n) is 2.03. The molecule has 0 fully saturated rings. The zero-order valence-electron chi connectivity index (χ0n) is 7.57. The lowest BCUT2D eigenvalue weighted by Gasteiger charge is -2.04. The van der Waals surface area contributed by atoms with Gasteiger partial charge in [-0.3, -0.25) is 9.89 Å². The molecule has 1 aromatic heterocycles. The molecule has 0 aliphatic rings. The fourth-order valence-electron chi connectivity index (χ4n) is 1.33. The van der Waals surface area contributed by atoms with E-state index in [0.29, 0.717) is 11.3 Å². The van der Waals surface area contributed by atoms with Crippen molar-refractivity contribution < 1.29 is 9.53 Å². The van der Waals surface area contributed by atoms with E-state index in [-0.39, 0.29) is 0 Å². The highest BCUT2D eigenvalue weighted by molar-refractivity contribution is 5.99. The molecular weight excluding hydrogens is 182 g/mol. The van der Waals surface area contributed by atoms with Crippen molar-refractivity contribution in [2.24, 2.45) is 5.73 Å². The highest BCUT2D eigenvalue weighted by atomic mass is 16.5. The van der Waals surface area contributed by atoms with Crippen molar-refractivity contribution in [1.82, 2.24) is 10.2 Å². The van der Waals surface area contributed by atoms with Crippen LogP contribution in [0.25, 0.3) is 10.9 Å². The maximum absolute atomic E-state index is 11.1. The predicted molar refractivity (Wildman–Crippen MR) is 51.2 cm³/mol. The monoisotopic (exact) mass is 191 g/mol. The first-order valence-corrected chi connectivity index (χ1v) is 4.03. The van der Waals surface area contributed by atoms with Gasteiger partial charge in [0.15, 0.2) is 0 Å². The van der Waals surface area contributed by atoms with Crippen molar-refractivity contribution in [2.75, 3.05) is 7.11 Å². The second-order valence-corrected chi connectivity index (χ2v) is 2.87. The lowest BCUT2D eigenvalue weighted by atomic mass is 10.1. The Hall–Kier alpha value is -2.04. The molecule has 0 unspecified atom stereocenters. The van der Waals surface area contributed by atoms with Crippen LogP contribution in [0.3, 0.4) is 0 Å². The normalized spacial score (nSPS) is 10.4. The summed E-state index contributed by atoms with van der Waals surface area (Å²) in [5.74, 6) is -0.0563. The van der Waals surface area contributed by atoms with Crippen molar-refractivity contribution in [3.05, 3.63) is 23.9 Å². The fraction of sp³-hybridized carbons (Fsp3) is 0.111. The number of nitrogens with one attached hydrogen (secondary N) is 1. The molecular formula is C9H9N3O2. The number of ether oxygens (including phenoxy) is 1. The second-order valence-electron chi connectivity index (χ2n) is 2.87. The number of amides is 1. The van der Waals surface area contributed by atoms with Crippen LogP contribution in [0.15, 0.2) is 18.3 Å². The molecule has 1 aromatic carbocycles. The molecule has 5 nitrogen and oxygen atoms in total. The Kier molecular flexibility index (Phi) is 1.85.